The van der Waals surface area contributed by atoms with Crippen LogP contribution in [0.2, 0.25) is 0 Å². The van der Waals surface area contributed by atoms with Gasteiger partial charge in [-0.2, -0.15) is 0 Å². The molecule has 100 valence electrons. The first-order valence-electron chi connectivity index (χ1n) is 7.09. The average Bonchev–Trinajstić information content (AvgIpc) is 2.29. The van der Waals surface area contributed by atoms with Crippen LogP contribution >= 0.6 is 0 Å². The molecule has 0 heterocycles. The van der Waals surface area contributed by atoms with Gasteiger partial charge in [-0.05, 0) is 44.7 Å². The Kier molecular flexibility index (Phi) is 6.56. The third-order valence-electron chi connectivity index (χ3n) is 3.85. The highest BCUT2D eigenvalue weighted by atomic mass is 16.1. The molecule has 1 fully saturated rings. The molecule has 17 heavy (non-hydrogen) atoms. The van der Waals surface area contributed by atoms with E-state index in [1.807, 2.05) is 7.05 Å². The van der Waals surface area contributed by atoms with Gasteiger partial charge in [-0.25, -0.2) is 0 Å². The van der Waals surface area contributed by atoms with Gasteiger partial charge in [0.15, 0.2) is 0 Å². The van der Waals surface area contributed by atoms with Crippen molar-refractivity contribution in [3.8, 4) is 0 Å². The molecule has 1 amide bonds. The molecule has 0 bridgehead atoms. The smallest absolute Gasteiger partial charge is 0.220 e. The summed E-state index contributed by atoms with van der Waals surface area (Å²) in [5.74, 6) is 1.59. The molecule has 1 saturated carbocycles. The number of carbonyl (C=O) groups excluding carboxylic acids is 1. The molecule has 0 aromatic carbocycles. The highest BCUT2D eigenvalue weighted by molar-refractivity contribution is 5.76. The van der Waals surface area contributed by atoms with Crippen molar-refractivity contribution >= 4 is 5.91 Å². The Morgan fingerprint density at radius 1 is 1.29 bits per heavy atom. The lowest BCUT2D eigenvalue weighted by atomic mass is 9.78. The van der Waals surface area contributed by atoms with E-state index in [4.69, 9.17) is 0 Å². The second-order valence-corrected chi connectivity index (χ2v) is 5.57. The van der Waals surface area contributed by atoms with Gasteiger partial charge in [0.05, 0.1) is 0 Å². The Balaban J connectivity index is 2.34. The Hall–Kier alpha value is -0.570. The molecular formula is C14H28N2O. The fourth-order valence-electron chi connectivity index (χ4n) is 2.84. The molecule has 0 saturated heterocycles. The predicted molar refractivity (Wildman–Crippen MR) is 71.9 cm³/mol. The van der Waals surface area contributed by atoms with E-state index in [1.165, 1.54) is 25.7 Å². The Labute approximate surface area is 106 Å². The standard InChI is InChI=1S/C14H28N2O/c1-11(2)12-7-4-5-8-13(12)16-14(17)9-6-10-15-3/h11-13,15H,4-10H2,1-3H3,(H,16,17). The van der Waals surface area contributed by atoms with Crippen LogP contribution in [0.1, 0.15) is 52.4 Å². The monoisotopic (exact) mass is 240 g/mol. The second-order valence-electron chi connectivity index (χ2n) is 5.57. The Bertz CT molecular complexity index is 228. The molecule has 2 atom stereocenters. The lowest BCUT2D eigenvalue weighted by Gasteiger charge is -2.34. The molecule has 1 aliphatic rings. The lowest BCUT2D eigenvalue weighted by molar-refractivity contribution is -0.122. The summed E-state index contributed by atoms with van der Waals surface area (Å²) >= 11 is 0. The minimum atomic E-state index is 0.234. The zero-order valence-electron chi connectivity index (χ0n) is 11.6. The first-order valence-corrected chi connectivity index (χ1v) is 7.09. The van der Waals surface area contributed by atoms with Crippen molar-refractivity contribution in [2.24, 2.45) is 11.8 Å². The second kappa shape index (κ2) is 7.70. The van der Waals surface area contributed by atoms with Crippen LogP contribution in [0.4, 0.5) is 0 Å². The van der Waals surface area contributed by atoms with Crippen LogP contribution in [-0.2, 0) is 4.79 Å². The minimum Gasteiger partial charge on any atom is -0.353 e. The van der Waals surface area contributed by atoms with Crippen LogP contribution in [-0.4, -0.2) is 25.5 Å². The Morgan fingerprint density at radius 3 is 2.65 bits per heavy atom. The van der Waals surface area contributed by atoms with Gasteiger partial charge >= 0.3 is 0 Å². The van der Waals surface area contributed by atoms with E-state index >= 15 is 0 Å². The summed E-state index contributed by atoms with van der Waals surface area (Å²) in [6.07, 6.45) is 6.63. The number of carbonyl (C=O) groups is 1. The van der Waals surface area contributed by atoms with Crippen molar-refractivity contribution in [3.63, 3.8) is 0 Å². The molecule has 0 spiro atoms. The summed E-state index contributed by atoms with van der Waals surface area (Å²) in [5.41, 5.74) is 0. The quantitative estimate of drug-likeness (QED) is 0.700. The summed E-state index contributed by atoms with van der Waals surface area (Å²) in [7, 11) is 1.92. The van der Waals surface area contributed by atoms with E-state index in [0.717, 1.165) is 13.0 Å². The molecule has 1 aliphatic carbocycles. The summed E-state index contributed by atoms with van der Waals surface area (Å²) < 4.78 is 0. The fraction of sp³-hybridized carbons (Fsp3) is 0.929. The molecule has 0 aromatic heterocycles. The van der Waals surface area contributed by atoms with Gasteiger partial charge in [-0.15, -0.1) is 0 Å². The first kappa shape index (κ1) is 14.5. The van der Waals surface area contributed by atoms with E-state index in [1.54, 1.807) is 0 Å². The Morgan fingerprint density at radius 2 is 2.00 bits per heavy atom. The number of amides is 1. The molecule has 2 unspecified atom stereocenters. The van der Waals surface area contributed by atoms with Crippen LogP contribution in [0.5, 0.6) is 0 Å². The SMILES string of the molecule is CNCCCC(=O)NC1CCCCC1C(C)C. The van der Waals surface area contributed by atoms with E-state index < -0.39 is 0 Å². The molecule has 0 aromatic rings. The molecule has 0 aliphatic heterocycles. The predicted octanol–water partition coefficient (Wildman–Crippen LogP) is 2.32. The van der Waals surface area contributed by atoms with Crippen molar-refractivity contribution in [3.05, 3.63) is 0 Å². The molecule has 0 radical (unpaired) electrons. The van der Waals surface area contributed by atoms with Crippen molar-refractivity contribution in [2.45, 2.75) is 58.4 Å². The highest BCUT2D eigenvalue weighted by Gasteiger charge is 2.28. The van der Waals surface area contributed by atoms with Crippen LogP contribution in [0.3, 0.4) is 0 Å². The molecule has 3 heteroatoms. The number of rotatable bonds is 6. The van der Waals surface area contributed by atoms with E-state index in [9.17, 15) is 4.79 Å². The van der Waals surface area contributed by atoms with Crippen molar-refractivity contribution in [1.82, 2.24) is 10.6 Å². The van der Waals surface area contributed by atoms with Crippen molar-refractivity contribution < 1.29 is 4.79 Å². The molecule has 3 nitrogen and oxygen atoms in total. The fourth-order valence-corrected chi connectivity index (χ4v) is 2.84. The van der Waals surface area contributed by atoms with E-state index in [2.05, 4.69) is 24.5 Å². The van der Waals surface area contributed by atoms with Crippen molar-refractivity contribution in [1.29, 1.82) is 0 Å². The van der Waals surface area contributed by atoms with Gasteiger partial charge in [0.2, 0.25) is 5.91 Å². The molecule has 2 N–H and O–H groups in total. The average molecular weight is 240 g/mol. The van der Waals surface area contributed by atoms with Crippen molar-refractivity contribution in [2.75, 3.05) is 13.6 Å². The molecule has 1 rings (SSSR count). The number of hydrogen-bond acceptors (Lipinski definition) is 2. The van der Waals surface area contributed by atoms with Crippen LogP contribution in [0.25, 0.3) is 0 Å². The van der Waals surface area contributed by atoms with Gasteiger partial charge < -0.3 is 10.6 Å². The normalized spacial score (nSPS) is 24.9. The minimum absolute atomic E-state index is 0.234. The zero-order chi connectivity index (χ0) is 12.7. The molecular weight excluding hydrogens is 212 g/mol. The van der Waals surface area contributed by atoms with Crippen LogP contribution in [0.15, 0.2) is 0 Å². The van der Waals surface area contributed by atoms with Gasteiger partial charge in [0.25, 0.3) is 0 Å². The summed E-state index contributed by atoms with van der Waals surface area (Å²) in [6.45, 7) is 5.47. The largest absolute Gasteiger partial charge is 0.353 e. The topological polar surface area (TPSA) is 41.1 Å². The van der Waals surface area contributed by atoms with Gasteiger partial charge in [0.1, 0.15) is 0 Å². The first-order chi connectivity index (χ1) is 8.15. The van der Waals surface area contributed by atoms with Gasteiger partial charge in [0, 0.05) is 12.5 Å². The third kappa shape index (κ3) is 5.07. The van der Waals surface area contributed by atoms with Gasteiger partial charge in [-0.3, -0.25) is 4.79 Å². The zero-order valence-corrected chi connectivity index (χ0v) is 11.6. The van der Waals surface area contributed by atoms with E-state index in [0.29, 0.717) is 24.3 Å². The summed E-state index contributed by atoms with van der Waals surface area (Å²) in [5, 5.41) is 6.32. The third-order valence-corrected chi connectivity index (χ3v) is 3.85. The maximum atomic E-state index is 11.8. The van der Waals surface area contributed by atoms with E-state index in [-0.39, 0.29) is 5.91 Å². The highest BCUT2D eigenvalue weighted by Crippen LogP contribution is 2.30. The van der Waals surface area contributed by atoms with Crippen LogP contribution < -0.4 is 10.6 Å². The lowest BCUT2D eigenvalue weighted by Crippen LogP contribution is -2.44. The van der Waals surface area contributed by atoms with Crippen LogP contribution in [0, 0.1) is 11.8 Å². The number of hydrogen-bond donors (Lipinski definition) is 2. The maximum absolute atomic E-state index is 11.8. The van der Waals surface area contributed by atoms with Gasteiger partial charge in [-0.1, -0.05) is 26.7 Å². The summed E-state index contributed by atoms with van der Waals surface area (Å²) in [4.78, 5) is 11.8. The summed E-state index contributed by atoms with van der Waals surface area (Å²) in [6, 6.07) is 0.422. The number of nitrogens with one attached hydrogen (secondary N) is 2. The maximum Gasteiger partial charge on any atom is 0.220 e.